The monoisotopic (exact) mass is 317 g/mol. The van der Waals surface area contributed by atoms with Crippen molar-refractivity contribution in [2.75, 3.05) is 0 Å². The Morgan fingerprint density at radius 3 is 2.64 bits per heavy atom. The Morgan fingerprint density at radius 1 is 1.23 bits per heavy atom. The number of benzene rings is 1. The van der Waals surface area contributed by atoms with E-state index < -0.39 is 0 Å². The average Bonchev–Trinajstić information content (AvgIpc) is 3.27. The molecule has 2 amide bonds. The Kier molecular flexibility index (Phi) is 4.34. The van der Waals surface area contributed by atoms with Crippen LogP contribution in [0.3, 0.4) is 0 Å². The fourth-order valence-electron chi connectivity index (χ4n) is 1.81. The molecule has 22 heavy (non-hydrogen) atoms. The van der Waals surface area contributed by atoms with Crippen LogP contribution in [0.25, 0.3) is 0 Å². The molecule has 0 aliphatic heterocycles. The van der Waals surface area contributed by atoms with Gasteiger partial charge in [0.15, 0.2) is 0 Å². The van der Waals surface area contributed by atoms with Gasteiger partial charge in [-0.1, -0.05) is 0 Å². The van der Waals surface area contributed by atoms with Crippen LogP contribution in [-0.2, 0) is 11.4 Å². The predicted molar refractivity (Wildman–Crippen MR) is 81.2 cm³/mol. The third-order valence-corrected chi connectivity index (χ3v) is 3.87. The predicted octanol–water partition coefficient (Wildman–Crippen LogP) is 1.89. The minimum atomic E-state index is -0.347. The van der Waals surface area contributed by atoms with E-state index in [1.807, 2.05) is 5.38 Å². The molecule has 2 N–H and O–H groups in total. The number of hydrazine groups is 1. The number of aromatic nitrogens is 1. The molecule has 1 aromatic carbocycles. The maximum Gasteiger partial charge on any atom is 0.269 e. The number of carbonyl (C=O) groups is 2. The smallest absolute Gasteiger partial charge is 0.269 e. The molecule has 1 aliphatic carbocycles. The van der Waals surface area contributed by atoms with Crippen molar-refractivity contribution in [1.82, 2.24) is 15.8 Å². The highest BCUT2D eigenvalue weighted by Gasteiger charge is 2.29. The van der Waals surface area contributed by atoms with Gasteiger partial charge in [0.25, 0.3) is 5.91 Å². The molecule has 1 heterocycles. The minimum absolute atomic E-state index is 0.0572. The van der Waals surface area contributed by atoms with E-state index >= 15 is 0 Å². The lowest BCUT2D eigenvalue weighted by Crippen LogP contribution is -2.42. The Morgan fingerprint density at radius 2 is 2.00 bits per heavy atom. The zero-order chi connectivity index (χ0) is 15.4. The number of rotatable bonds is 5. The number of thiazole rings is 1. The molecule has 6 nitrogen and oxygen atoms in total. The molecular weight excluding hydrogens is 302 g/mol. The fraction of sp³-hybridized carbons (Fsp3) is 0.267. The first kappa shape index (κ1) is 14.5. The first-order valence-corrected chi connectivity index (χ1v) is 7.87. The summed E-state index contributed by atoms with van der Waals surface area (Å²) < 4.78 is 5.57. The number of hydrogen-bond donors (Lipinski definition) is 2. The molecule has 7 heteroatoms. The van der Waals surface area contributed by atoms with Crippen molar-refractivity contribution in [3.8, 4) is 5.75 Å². The van der Waals surface area contributed by atoms with Crippen LogP contribution in [0.5, 0.6) is 5.75 Å². The fourth-order valence-corrected chi connectivity index (χ4v) is 2.35. The van der Waals surface area contributed by atoms with Crippen LogP contribution in [0.1, 0.15) is 28.9 Å². The molecule has 1 saturated carbocycles. The normalized spacial score (nSPS) is 13.5. The third kappa shape index (κ3) is 3.82. The van der Waals surface area contributed by atoms with E-state index in [-0.39, 0.29) is 17.7 Å². The van der Waals surface area contributed by atoms with Gasteiger partial charge in [-0.05, 0) is 37.1 Å². The zero-order valence-electron chi connectivity index (χ0n) is 11.7. The van der Waals surface area contributed by atoms with Gasteiger partial charge in [0.05, 0.1) is 11.2 Å². The maximum absolute atomic E-state index is 11.9. The lowest BCUT2D eigenvalue weighted by atomic mass is 10.2. The van der Waals surface area contributed by atoms with Gasteiger partial charge in [0.1, 0.15) is 12.4 Å². The minimum Gasteiger partial charge on any atom is -0.487 e. The zero-order valence-corrected chi connectivity index (χ0v) is 12.6. The lowest BCUT2D eigenvalue weighted by Gasteiger charge is -2.08. The van der Waals surface area contributed by atoms with Crippen LogP contribution in [0, 0.1) is 5.92 Å². The van der Waals surface area contributed by atoms with Gasteiger partial charge in [-0.25, -0.2) is 4.98 Å². The van der Waals surface area contributed by atoms with Gasteiger partial charge in [-0.15, -0.1) is 11.3 Å². The number of carbonyl (C=O) groups excluding carboxylic acids is 2. The second-order valence-corrected chi connectivity index (χ2v) is 5.73. The van der Waals surface area contributed by atoms with Crippen LogP contribution < -0.4 is 15.6 Å². The van der Waals surface area contributed by atoms with E-state index in [2.05, 4.69) is 15.8 Å². The van der Waals surface area contributed by atoms with E-state index in [1.165, 1.54) is 11.3 Å². The van der Waals surface area contributed by atoms with Crippen molar-refractivity contribution in [2.45, 2.75) is 19.4 Å². The van der Waals surface area contributed by atoms with Crippen LogP contribution >= 0.6 is 11.3 Å². The summed E-state index contributed by atoms with van der Waals surface area (Å²) in [6.45, 7) is 0.395. The Balaban J connectivity index is 1.49. The summed E-state index contributed by atoms with van der Waals surface area (Å²) >= 11 is 1.52. The van der Waals surface area contributed by atoms with Crippen LogP contribution in [-0.4, -0.2) is 16.8 Å². The molecule has 114 valence electrons. The van der Waals surface area contributed by atoms with E-state index in [0.29, 0.717) is 17.9 Å². The van der Waals surface area contributed by atoms with E-state index in [4.69, 9.17) is 4.74 Å². The molecule has 1 fully saturated rings. The third-order valence-electron chi connectivity index (χ3n) is 3.23. The first-order chi connectivity index (χ1) is 10.7. The summed E-state index contributed by atoms with van der Waals surface area (Å²) in [4.78, 5) is 27.4. The Bertz CT molecular complexity index is 651. The number of nitrogens with zero attached hydrogens (tertiary/aromatic N) is 1. The summed E-state index contributed by atoms with van der Waals surface area (Å²) in [5.41, 5.74) is 7.91. The van der Waals surface area contributed by atoms with Crippen molar-refractivity contribution in [1.29, 1.82) is 0 Å². The van der Waals surface area contributed by atoms with Gasteiger partial charge in [-0.2, -0.15) is 0 Å². The molecule has 0 spiro atoms. The largest absolute Gasteiger partial charge is 0.487 e. The van der Waals surface area contributed by atoms with E-state index in [9.17, 15) is 9.59 Å². The Labute approximate surface area is 131 Å². The SMILES string of the molecule is O=C(NNC(=O)C1CC1)c1ccc(OCc2cscn2)cc1. The molecule has 0 atom stereocenters. The molecular formula is C15H15N3O3S. The molecule has 3 rings (SSSR count). The van der Waals surface area contributed by atoms with Crippen LogP contribution in [0.2, 0.25) is 0 Å². The second-order valence-electron chi connectivity index (χ2n) is 5.01. The average molecular weight is 317 g/mol. The van der Waals surface area contributed by atoms with Gasteiger partial charge < -0.3 is 4.74 Å². The number of hydrogen-bond acceptors (Lipinski definition) is 5. The molecule has 0 bridgehead atoms. The van der Waals surface area contributed by atoms with E-state index in [1.54, 1.807) is 29.8 Å². The summed E-state index contributed by atoms with van der Waals surface area (Å²) in [7, 11) is 0. The van der Waals surface area contributed by atoms with Gasteiger partial charge in [-0.3, -0.25) is 20.4 Å². The van der Waals surface area contributed by atoms with Crippen molar-refractivity contribution < 1.29 is 14.3 Å². The molecule has 1 aliphatic rings. The summed E-state index contributed by atoms with van der Waals surface area (Å²) in [6, 6.07) is 6.72. The van der Waals surface area contributed by atoms with Gasteiger partial charge >= 0.3 is 0 Å². The summed E-state index contributed by atoms with van der Waals surface area (Å²) in [5, 5.41) is 1.92. The van der Waals surface area contributed by atoms with E-state index in [0.717, 1.165) is 18.5 Å². The van der Waals surface area contributed by atoms with Gasteiger partial charge in [0.2, 0.25) is 5.91 Å². The molecule has 0 unspecified atom stereocenters. The first-order valence-electron chi connectivity index (χ1n) is 6.92. The molecule has 2 aromatic rings. The summed E-state index contributed by atoms with van der Waals surface area (Å²) in [5.74, 6) is 0.241. The van der Waals surface area contributed by atoms with Crippen molar-refractivity contribution in [3.05, 3.63) is 46.4 Å². The topological polar surface area (TPSA) is 80.3 Å². The highest BCUT2D eigenvalue weighted by atomic mass is 32.1. The van der Waals surface area contributed by atoms with Gasteiger partial charge in [0, 0.05) is 16.9 Å². The highest BCUT2D eigenvalue weighted by Crippen LogP contribution is 2.28. The number of amides is 2. The van der Waals surface area contributed by atoms with Crippen LogP contribution in [0.4, 0.5) is 0 Å². The molecule has 1 aromatic heterocycles. The number of ether oxygens (including phenoxy) is 1. The van der Waals surface area contributed by atoms with Crippen molar-refractivity contribution >= 4 is 23.2 Å². The second kappa shape index (κ2) is 6.57. The Hall–Kier alpha value is -2.41. The highest BCUT2D eigenvalue weighted by molar-refractivity contribution is 7.07. The number of nitrogens with one attached hydrogen (secondary N) is 2. The standard InChI is InChI=1S/C15H15N3O3S/c19-14(10-1-2-10)17-18-15(20)11-3-5-13(6-4-11)21-7-12-8-22-9-16-12/h3-6,8-10H,1-2,7H2,(H,17,19)(H,18,20). The lowest BCUT2D eigenvalue weighted by molar-refractivity contribution is -0.123. The van der Waals surface area contributed by atoms with Crippen molar-refractivity contribution in [3.63, 3.8) is 0 Å². The van der Waals surface area contributed by atoms with Crippen molar-refractivity contribution in [2.24, 2.45) is 5.92 Å². The maximum atomic E-state index is 11.9. The van der Waals surface area contributed by atoms with Crippen LogP contribution in [0.15, 0.2) is 35.2 Å². The molecule has 0 radical (unpaired) electrons. The summed E-state index contributed by atoms with van der Waals surface area (Å²) in [6.07, 6.45) is 1.79. The molecule has 0 saturated heterocycles. The quantitative estimate of drug-likeness (QED) is 0.825.